The Morgan fingerprint density at radius 3 is 3.00 bits per heavy atom. The van der Waals surface area contributed by atoms with Gasteiger partial charge in [-0.15, -0.1) is 0 Å². The van der Waals surface area contributed by atoms with Crippen LogP contribution in [0.2, 0.25) is 0 Å². The van der Waals surface area contributed by atoms with Gasteiger partial charge >= 0.3 is 0 Å². The second-order valence-electron chi connectivity index (χ2n) is 3.61. The first kappa shape index (κ1) is 10.6. The SMILES string of the molecule is Cc1cc(NCCCc2ncc[nH]2)ncn1. The molecule has 0 spiro atoms. The number of nitrogens with one attached hydrogen (secondary N) is 2. The first-order valence-electron chi connectivity index (χ1n) is 5.35. The maximum absolute atomic E-state index is 4.17. The van der Waals surface area contributed by atoms with Crippen molar-refractivity contribution in [2.24, 2.45) is 0 Å². The van der Waals surface area contributed by atoms with Crippen LogP contribution in [0.3, 0.4) is 0 Å². The van der Waals surface area contributed by atoms with Crippen molar-refractivity contribution in [1.29, 1.82) is 0 Å². The number of imidazole rings is 1. The van der Waals surface area contributed by atoms with Crippen LogP contribution in [0, 0.1) is 6.92 Å². The van der Waals surface area contributed by atoms with E-state index in [1.165, 1.54) is 0 Å². The van der Waals surface area contributed by atoms with Crippen molar-refractivity contribution < 1.29 is 0 Å². The van der Waals surface area contributed by atoms with E-state index in [9.17, 15) is 0 Å². The van der Waals surface area contributed by atoms with Gasteiger partial charge < -0.3 is 10.3 Å². The fourth-order valence-electron chi connectivity index (χ4n) is 1.46. The monoisotopic (exact) mass is 217 g/mol. The fraction of sp³-hybridized carbons (Fsp3) is 0.364. The smallest absolute Gasteiger partial charge is 0.129 e. The summed E-state index contributed by atoms with van der Waals surface area (Å²) in [7, 11) is 0. The van der Waals surface area contributed by atoms with Crippen LogP contribution >= 0.6 is 0 Å². The van der Waals surface area contributed by atoms with Gasteiger partial charge in [0.05, 0.1) is 0 Å². The standard InChI is InChI=1S/C11H15N5/c1-9-7-11(16-8-15-9)12-4-2-3-10-13-5-6-14-10/h5-8H,2-4H2,1H3,(H,13,14)(H,12,15,16). The minimum Gasteiger partial charge on any atom is -0.370 e. The number of aromatic nitrogens is 4. The van der Waals surface area contributed by atoms with Crippen molar-refractivity contribution in [1.82, 2.24) is 19.9 Å². The normalized spacial score (nSPS) is 10.3. The second-order valence-corrected chi connectivity index (χ2v) is 3.61. The molecule has 0 saturated heterocycles. The van der Waals surface area contributed by atoms with Gasteiger partial charge in [-0.25, -0.2) is 15.0 Å². The zero-order valence-corrected chi connectivity index (χ0v) is 9.27. The molecule has 0 aromatic carbocycles. The Kier molecular flexibility index (Phi) is 3.48. The molecular weight excluding hydrogens is 202 g/mol. The fourth-order valence-corrected chi connectivity index (χ4v) is 1.46. The van der Waals surface area contributed by atoms with Gasteiger partial charge in [0.25, 0.3) is 0 Å². The summed E-state index contributed by atoms with van der Waals surface area (Å²) in [4.78, 5) is 15.4. The molecule has 0 saturated carbocycles. The molecule has 5 heteroatoms. The molecule has 0 fully saturated rings. The number of anilines is 1. The van der Waals surface area contributed by atoms with Crippen LogP contribution in [-0.4, -0.2) is 26.5 Å². The van der Waals surface area contributed by atoms with E-state index >= 15 is 0 Å². The van der Waals surface area contributed by atoms with Crippen molar-refractivity contribution >= 4 is 5.82 Å². The van der Waals surface area contributed by atoms with E-state index < -0.39 is 0 Å². The largest absolute Gasteiger partial charge is 0.370 e. The van der Waals surface area contributed by atoms with Gasteiger partial charge in [-0.1, -0.05) is 0 Å². The van der Waals surface area contributed by atoms with Crippen LogP contribution in [0.25, 0.3) is 0 Å². The van der Waals surface area contributed by atoms with Gasteiger partial charge in [-0.2, -0.15) is 0 Å². The summed E-state index contributed by atoms with van der Waals surface area (Å²) in [5.74, 6) is 1.91. The first-order chi connectivity index (χ1) is 7.84. The number of hydrogen-bond donors (Lipinski definition) is 2. The first-order valence-corrected chi connectivity index (χ1v) is 5.35. The van der Waals surface area contributed by atoms with Gasteiger partial charge in [0.1, 0.15) is 18.0 Å². The van der Waals surface area contributed by atoms with Crippen molar-refractivity contribution in [3.05, 3.63) is 36.3 Å². The van der Waals surface area contributed by atoms with E-state index in [0.717, 1.165) is 36.7 Å². The minimum absolute atomic E-state index is 0.881. The molecule has 0 aliphatic rings. The summed E-state index contributed by atoms with van der Waals surface area (Å²) >= 11 is 0. The van der Waals surface area contributed by atoms with Crippen LogP contribution in [0.5, 0.6) is 0 Å². The lowest BCUT2D eigenvalue weighted by Crippen LogP contribution is -2.05. The Hall–Kier alpha value is -1.91. The van der Waals surface area contributed by atoms with Gasteiger partial charge in [0.15, 0.2) is 0 Å². The highest BCUT2D eigenvalue weighted by Gasteiger charge is 1.96. The highest BCUT2D eigenvalue weighted by atomic mass is 15.0. The molecule has 2 heterocycles. The highest BCUT2D eigenvalue weighted by molar-refractivity contribution is 5.34. The number of hydrogen-bond acceptors (Lipinski definition) is 4. The van der Waals surface area contributed by atoms with Gasteiger partial charge in [0, 0.05) is 37.1 Å². The van der Waals surface area contributed by atoms with E-state index in [1.807, 2.05) is 19.2 Å². The third-order valence-electron chi connectivity index (χ3n) is 2.26. The molecule has 0 aliphatic carbocycles. The third kappa shape index (κ3) is 3.05. The van der Waals surface area contributed by atoms with E-state index in [4.69, 9.17) is 0 Å². The average Bonchev–Trinajstić information content (AvgIpc) is 2.77. The molecule has 84 valence electrons. The van der Waals surface area contributed by atoms with Crippen LogP contribution in [0.4, 0.5) is 5.82 Å². The summed E-state index contributed by atoms with van der Waals surface area (Å²) in [5, 5.41) is 3.26. The Bertz CT molecular complexity index is 424. The Morgan fingerprint density at radius 2 is 2.25 bits per heavy atom. The molecule has 0 radical (unpaired) electrons. The molecule has 2 N–H and O–H groups in total. The second kappa shape index (κ2) is 5.25. The Balaban J connectivity index is 1.72. The summed E-state index contributed by atoms with van der Waals surface area (Å²) in [6.45, 7) is 2.84. The Morgan fingerprint density at radius 1 is 1.31 bits per heavy atom. The molecule has 0 unspecified atom stereocenters. The minimum atomic E-state index is 0.881. The molecule has 2 aromatic rings. The molecule has 0 aliphatic heterocycles. The van der Waals surface area contributed by atoms with Crippen LogP contribution in [0.15, 0.2) is 24.8 Å². The Labute approximate surface area is 94.4 Å². The van der Waals surface area contributed by atoms with Crippen molar-refractivity contribution in [2.45, 2.75) is 19.8 Å². The van der Waals surface area contributed by atoms with E-state index in [2.05, 4.69) is 25.3 Å². The predicted octanol–water partition coefficient (Wildman–Crippen LogP) is 1.55. The number of H-pyrrole nitrogens is 1. The number of aryl methyl sites for hydroxylation is 2. The topological polar surface area (TPSA) is 66.5 Å². The van der Waals surface area contributed by atoms with Crippen molar-refractivity contribution in [3.8, 4) is 0 Å². The van der Waals surface area contributed by atoms with Gasteiger partial charge in [-0.3, -0.25) is 0 Å². The molecular formula is C11H15N5. The third-order valence-corrected chi connectivity index (χ3v) is 2.26. The number of nitrogens with zero attached hydrogens (tertiary/aromatic N) is 3. The summed E-state index contributed by atoms with van der Waals surface area (Å²) < 4.78 is 0. The van der Waals surface area contributed by atoms with E-state index in [-0.39, 0.29) is 0 Å². The predicted molar refractivity (Wildman–Crippen MR) is 62.2 cm³/mol. The van der Waals surface area contributed by atoms with Crippen LogP contribution in [0.1, 0.15) is 17.9 Å². The van der Waals surface area contributed by atoms with Gasteiger partial charge in [-0.05, 0) is 13.3 Å². The lowest BCUT2D eigenvalue weighted by atomic mass is 10.3. The van der Waals surface area contributed by atoms with E-state index in [0.29, 0.717) is 0 Å². The number of rotatable bonds is 5. The van der Waals surface area contributed by atoms with Crippen molar-refractivity contribution in [2.75, 3.05) is 11.9 Å². The molecule has 0 amide bonds. The van der Waals surface area contributed by atoms with Crippen molar-refractivity contribution in [3.63, 3.8) is 0 Å². The zero-order valence-electron chi connectivity index (χ0n) is 9.27. The maximum atomic E-state index is 4.17. The quantitative estimate of drug-likeness (QED) is 0.746. The lowest BCUT2D eigenvalue weighted by molar-refractivity contribution is 0.813. The average molecular weight is 217 g/mol. The summed E-state index contributed by atoms with van der Waals surface area (Å²) in [5.41, 5.74) is 0.975. The maximum Gasteiger partial charge on any atom is 0.129 e. The van der Waals surface area contributed by atoms with Gasteiger partial charge in [0.2, 0.25) is 0 Å². The summed E-state index contributed by atoms with van der Waals surface area (Å²) in [6, 6.07) is 1.94. The molecule has 0 atom stereocenters. The number of aromatic amines is 1. The lowest BCUT2D eigenvalue weighted by Gasteiger charge is -2.04. The van der Waals surface area contributed by atoms with Crippen LogP contribution in [-0.2, 0) is 6.42 Å². The van der Waals surface area contributed by atoms with Crippen LogP contribution < -0.4 is 5.32 Å². The molecule has 0 bridgehead atoms. The molecule has 2 rings (SSSR count). The molecule has 2 aromatic heterocycles. The highest BCUT2D eigenvalue weighted by Crippen LogP contribution is 2.03. The molecule has 16 heavy (non-hydrogen) atoms. The summed E-state index contributed by atoms with van der Waals surface area (Å²) in [6.07, 6.45) is 7.16. The zero-order chi connectivity index (χ0) is 11.2. The molecule has 5 nitrogen and oxygen atoms in total. The van der Waals surface area contributed by atoms with E-state index in [1.54, 1.807) is 12.5 Å².